The number of rotatable bonds is 7. The number of morpholine rings is 1. The van der Waals surface area contributed by atoms with Crippen LogP contribution in [0.4, 0.5) is 0 Å². The molecule has 24 heavy (non-hydrogen) atoms. The number of benzene rings is 1. The number of hydrogen-bond donors (Lipinski definition) is 0. The number of aryl methyl sites for hydroxylation is 1. The molecule has 0 N–H and O–H groups in total. The average molecular weight is 332 g/mol. The predicted molar refractivity (Wildman–Crippen MR) is 88.8 cm³/mol. The highest BCUT2D eigenvalue weighted by Gasteiger charge is 2.25. The molecule has 0 bridgehead atoms. The molecule has 1 aliphatic heterocycles. The molecule has 0 spiro atoms. The molecule has 0 amide bonds. The molecule has 2 heterocycles. The van der Waals surface area contributed by atoms with Gasteiger partial charge in [0, 0.05) is 39.4 Å². The molecule has 3 rings (SSSR count). The molecule has 0 unspecified atom stereocenters. The van der Waals surface area contributed by atoms with Crippen LogP contribution in [0.25, 0.3) is 0 Å². The van der Waals surface area contributed by atoms with E-state index in [9.17, 15) is 0 Å². The summed E-state index contributed by atoms with van der Waals surface area (Å²) in [4.78, 5) is 2.36. The standard InChI is InChI=1S/C17H24N4O3/c1-20-13-18-19-17(20)16-12-21(7-8-23-16)11-14-5-3-4-6-15(14)24-10-9-22-2/h3-6,13,16H,7-12H2,1-2H3/t16-/m1/s1. The SMILES string of the molecule is COCCOc1ccccc1CN1CCO[C@@H](c2nncn2C)C1. The van der Waals surface area contributed by atoms with Gasteiger partial charge in [0.1, 0.15) is 24.8 Å². The predicted octanol–water partition coefficient (Wildman–Crippen LogP) is 1.41. The van der Waals surface area contributed by atoms with Crippen LogP contribution in [0, 0.1) is 0 Å². The van der Waals surface area contributed by atoms with Crippen molar-refractivity contribution in [1.82, 2.24) is 19.7 Å². The average Bonchev–Trinajstić information content (AvgIpc) is 3.03. The molecule has 1 aliphatic rings. The second-order valence-electron chi connectivity index (χ2n) is 5.84. The van der Waals surface area contributed by atoms with Gasteiger partial charge in [0.15, 0.2) is 5.82 Å². The van der Waals surface area contributed by atoms with E-state index in [-0.39, 0.29) is 6.10 Å². The first-order chi connectivity index (χ1) is 11.8. The van der Waals surface area contributed by atoms with Crippen LogP contribution in [0.5, 0.6) is 5.75 Å². The number of para-hydroxylation sites is 1. The Kier molecular flexibility index (Phi) is 5.79. The summed E-state index contributed by atoms with van der Waals surface area (Å²) in [6, 6.07) is 8.15. The van der Waals surface area contributed by atoms with Gasteiger partial charge in [-0.25, -0.2) is 0 Å². The highest BCUT2D eigenvalue weighted by Crippen LogP contribution is 2.24. The fraction of sp³-hybridized carbons (Fsp3) is 0.529. The van der Waals surface area contributed by atoms with Crippen molar-refractivity contribution in [3.05, 3.63) is 42.0 Å². The Labute approximate surface area is 142 Å². The molecule has 1 fully saturated rings. The van der Waals surface area contributed by atoms with Gasteiger partial charge in [-0.15, -0.1) is 10.2 Å². The minimum atomic E-state index is -0.0483. The summed E-state index contributed by atoms with van der Waals surface area (Å²) in [6.45, 7) is 4.32. The summed E-state index contributed by atoms with van der Waals surface area (Å²) in [5.74, 6) is 1.78. The Morgan fingerprint density at radius 1 is 1.29 bits per heavy atom. The molecule has 1 aromatic carbocycles. The fourth-order valence-corrected chi connectivity index (χ4v) is 2.84. The van der Waals surface area contributed by atoms with E-state index in [1.54, 1.807) is 13.4 Å². The molecule has 1 saturated heterocycles. The molecule has 0 radical (unpaired) electrons. The Morgan fingerprint density at radius 3 is 2.96 bits per heavy atom. The summed E-state index contributed by atoms with van der Waals surface area (Å²) in [5.41, 5.74) is 1.17. The lowest BCUT2D eigenvalue weighted by Gasteiger charge is -2.32. The molecule has 7 heteroatoms. The molecule has 1 aromatic heterocycles. The van der Waals surface area contributed by atoms with Gasteiger partial charge in [-0.05, 0) is 6.07 Å². The summed E-state index contributed by atoms with van der Waals surface area (Å²) < 4.78 is 18.7. The summed E-state index contributed by atoms with van der Waals surface area (Å²) in [6.07, 6.45) is 1.66. The Hall–Kier alpha value is -1.96. The van der Waals surface area contributed by atoms with Crippen molar-refractivity contribution in [1.29, 1.82) is 0 Å². The Bertz CT molecular complexity index is 646. The van der Waals surface area contributed by atoms with E-state index >= 15 is 0 Å². The molecular weight excluding hydrogens is 308 g/mol. The van der Waals surface area contributed by atoms with Gasteiger partial charge in [0.2, 0.25) is 0 Å². The number of hydrogen-bond acceptors (Lipinski definition) is 6. The monoisotopic (exact) mass is 332 g/mol. The van der Waals surface area contributed by atoms with Crippen molar-refractivity contribution in [2.24, 2.45) is 7.05 Å². The summed E-state index contributed by atoms with van der Waals surface area (Å²) in [7, 11) is 3.62. The van der Waals surface area contributed by atoms with Crippen LogP contribution in [0.3, 0.4) is 0 Å². The quantitative estimate of drug-likeness (QED) is 0.715. The maximum atomic E-state index is 5.87. The van der Waals surface area contributed by atoms with Crippen LogP contribution in [0.15, 0.2) is 30.6 Å². The van der Waals surface area contributed by atoms with Crippen molar-refractivity contribution in [3.63, 3.8) is 0 Å². The van der Waals surface area contributed by atoms with E-state index in [0.717, 1.165) is 31.2 Å². The molecule has 2 aromatic rings. The normalized spacial score (nSPS) is 18.7. The van der Waals surface area contributed by atoms with E-state index in [1.165, 1.54) is 5.56 Å². The number of ether oxygens (including phenoxy) is 3. The van der Waals surface area contributed by atoms with E-state index in [0.29, 0.717) is 19.8 Å². The van der Waals surface area contributed by atoms with Crippen molar-refractivity contribution >= 4 is 0 Å². The third-order valence-electron chi connectivity index (χ3n) is 4.10. The van der Waals surface area contributed by atoms with Gasteiger partial charge >= 0.3 is 0 Å². The molecule has 0 saturated carbocycles. The van der Waals surface area contributed by atoms with Gasteiger partial charge in [0.25, 0.3) is 0 Å². The summed E-state index contributed by atoms with van der Waals surface area (Å²) in [5, 5.41) is 8.12. The maximum Gasteiger partial charge on any atom is 0.163 e. The Morgan fingerprint density at radius 2 is 2.17 bits per heavy atom. The first-order valence-corrected chi connectivity index (χ1v) is 8.15. The third-order valence-corrected chi connectivity index (χ3v) is 4.10. The topological polar surface area (TPSA) is 61.6 Å². The van der Waals surface area contributed by atoms with Gasteiger partial charge < -0.3 is 18.8 Å². The Balaban J connectivity index is 1.64. The van der Waals surface area contributed by atoms with Crippen LogP contribution < -0.4 is 4.74 Å². The smallest absolute Gasteiger partial charge is 0.163 e. The molecule has 7 nitrogen and oxygen atoms in total. The molecule has 130 valence electrons. The molecular formula is C17H24N4O3. The van der Waals surface area contributed by atoms with Crippen LogP contribution in [0.2, 0.25) is 0 Å². The zero-order valence-electron chi connectivity index (χ0n) is 14.2. The lowest BCUT2D eigenvalue weighted by Crippen LogP contribution is -2.38. The highest BCUT2D eigenvalue weighted by atomic mass is 16.5. The lowest BCUT2D eigenvalue weighted by atomic mass is 10.1. The van der Waals surface area contributed by atoms with Crippen LogP contribution in [0.1, 0.15) is 17.5 Å². The second-order valence-corrected chi connectivity index (χ2v) is 5.84. The van der Waals surface area contributed by atoms with E-state index in [1.807, 2.05) is 29.8 Å². The number of aromatic nitrogens is 3. The zero-order chi connectivity index (χ0) is 16.8. The first kappa shape index (κ1) is 16.9. The third kappa shape index (κ3) is 4.11. The maximum absolute atomic E-state index is 5.87. The first-order valence-electron chi connectivity index (χ1n) is 8.15. The fourth-order valence-electron chi connectivity index (χ4n) is 2.84. The van der Waals surface area contributed by atoms with Gasteiger partial charge in [-0.2, -0.15) is 0 Å². The lowest BCUT2D eigenvalue weighted by molar-refractivity contribution is -0.0387. The summed E-state index contributed by atoms with van der Waals surface area (Å²) >= 11 is 0. The largest absolute Gasteiger partial charge is 0.491 e. The minimum Gasteiger partial charge on any atom is -0.491 e. The highest BCUT2D eigenvalue weighted by molar-refractivity contribution is 5.33. The van der Waals surface area contributed by atoms with Crippen molar-refractivity contribution in [2.45, 2.75) is 12.6 Å². The minimum absolute atomic E-state index is 0.0483. The van der Waals surface area contributed by atoms with Crippen LogP contribution in [-0.4, -0.2) is 59.7 Å². The van der Waals surface area contributed by atoms with E-state index in [4.69, 9.17) is 14.2 Å². The van der Waals surface area contributed by atoms with Crippen molar-refractivity contribution in [2.75, 3.05) is 40.0 Å². The van der Waals surface area contributed by atoms with Crippen LogP contribution in [-0.2, 0) is 23.1 Å². The van der Waals surface area contributed by atoms with Crippen molar-refractivity contribution in [3.8, 4) is 5.75 Å². The van der Waals surface area contributed by atoms with E-state index in [2.05, 4.69) is 21.2 Å². The molecule has 0 aliphatic carbocycles. The van der Waals surface area contributed by atoms with Gasteiger partial charge in [-0.3, -0.25) is 4.90 Å². The van der Waals surface area contributed by atoms with E-state index < -0.39 is 0 Å². The molecule has 1 atom stereocenters. The zero-order valence-corrected chi connectivity index (χ0v) is 14.2. The van der Waals surface area contributed by atoms with Gasteiger partial charge in [-0.1, -0.05) is 18.2 Å². The van der Waals surface area contributed by atoms with Gasteiger partial charge in [0.05, 0.1) is 13.2 Å². The second kappa shape index (κ2) is 8.23. The van der Waals surface area contributed by atoms with Crippen molar-refractivity contribution < 1.29 is 14.2 Å². The number of methoxy groups -OCH3 is 1. The number of nitrogens with zero attached hydrogens (tertiary/aromatic N) is 4. The van der Waals surface area contributed by atoms with Crippen LogP contribution >= 0.6 is 0 Å².